The van der Waals surface area contributed by atoms with E-state index >= 15 is 0 Å². The van der Waals surface area contributed by atoms with Gasteiger partial charge in [0.25, 0.3) is 0 Å². The van der Waals surface area contributed by atoms with Crippen LogP contribution in [0.5, 0.6) is 0 Å². The molecule has 160 valence electrons. The van der Waals surface area contributed by atoms with Gasteiger partial charge < -0.3 is 26.0 Å². The van der Waals surface area contributed by atoms with Gasteiger partial charge in [0, 0.05) is 18.9 Å². The van der Waals surface area contributed by atoms with Crippen LogP contribution in [0.25, 0.3) is 0 Å². The van der Waals surface area contributed by atoms with Crippen molar-refractivity contribution in [2.75, 3.05) is 6.61 Å². The number of hydrogen-bond donors (Lipinski definition) is 5. The summed E-state index contributed by atoms with van der Waals surface area (Å²) < 4.78 is 4.75. The van der Waals surface area contributed by atoms with Crippen LogP contribution in [-0.4, -0.2) is 58.9 Å². The fraction of sp³-hybridized carbons (Fsp3) is 0.778. The molecule has 1 saturated carbocycles. The number of amides is 2. The number of aliphatic hydroxyl groups excluding tert-OH is 1. The first-order valence-electron chi connectivity index (χ1n) is 9.61. The second-order valence-corrected chi connectivity index (χ2v) is 6.98. The van der Waals surface area contributed by atoms with Crippen molar-refractivity contribution >= 4 is 23.9 Å². The second-order valence-electron chi connectivity index (χ2n) is 6.98. The molecule has 0 bridgehead atoms. The largest absolute Gasteiger partial charge is 0.481 e. The third kappa shape index (κ3) is 6.08. The maximum Gasteiger partial charge on any atom is 0.413 e. The Morgan fingerprint density at radius 2 is 1.86 bits per heavy atom. The summed E-state index contributed by atoms with van der Waals surface area (Å²) in [6, 6.07) is -1.16. The molecule has 0 saturated heterocycles. The number of carbonyl (C=O) groups excluding carboxylic acids is 2. The molecule has 5 atom stereocenters. The first kappa shape index (κ1) is 23.7. The van der Waals surface area contributed by atoms with Crippen molar-refractivity contribution in [3.05, 3.63) is 0 Å². The standard InChI is InChI=1S/C18H32N4O6/c1-5-10(6-2)14(20-9(4)23)13-12(8-11(15(13)24)16(25)26)21-17(19)22-18(27)28-7-3/h10-15,24H,5-8H2,1-4H3,(H,20,23)(H,25,26)(H3,19,21,22,27)/t11-,12+,13+,14?,15+/m0/s1. The number of carboxylic acids is 1. The highest BCUT2D eigenvalue weighted by Gasteiger charge is 2.50. The highest BCUT2D eigenvalue weighted by molar-refractivity contribution is 5.93. The Bertz CT molecular complexity index is 593. The highest BCUT2D eigenvalue weighted by Crippen LogP contribution is 2.39. The Morgan fingerprint density at radius 3 is 2.32 bits per heavy atom. The van der Waals surface area contributed by atoms with Gasteiger partial charge >= 0.3 is 12.1 Å². The van der Waals surface area contributed by atoms with Crippen LogP contribution in [0, 0.1) is 17.8 Å². The van der Waals surface area contributed by atoms with Gasteiger partial charge in [0.2, 0.25) is 5.91 Å². The first-order valence-corrected chi connectivity index (χ1v) is 9.61. The lowest BCUT2D eigenvalue weighted by molar-refractivity contribution is -0.145. The summed E-state index contributed by atoms with van der Waals surface area (Å²) >= 11 is 0. The lowest BCUT2D eigenvalue weighted by Crippen LogP contribution is -2.51. The predicted molar refractivity (Wildman–Crippen MR) is 102 cm³/mol. The van der Waals surface area contributed by atoms with Gasteiger partial charge in [-0.3, -0.25) is 14.9 Å². The Labute approximate surface area is 164 Å². The van der Waals surface area contributed by atoms with Gasteiger partial charge in [0.1, 0.15) is 0 Å². The zero-order valence-electron chi connectivity index (χ0n) is 16.8. The molecule has 2 amide bonds. The molecule has 28 heavy (non-hydrogen) atoms. The van der Waals surface area contributed by atoms with Crippen LogP contribution < -0.4 is 16.4 Å². The summed E-state index contributed by atoms with van der Waals surface area (Å²) in [7, 11) is 0. The van der Waals surface area contributed by atoms with Crippen LogP contribution in [0.1, 0.15) is 47.0 Å². The molecular weight excluding hydrogens is 368 g/mol. The number of nitrogens with zero attached hydrogens (tertiary/aromatic N) is 1. The molecule has 0 spiro atoms. The van der Waals surface area contributed by atoms with E-state index in [1.807, 2.05) is 13.8 Å². The number of aliphatic carboxylic acids is 1. The number of ether oxygens (including phenoxy) is 1. The number of carbonyl (C=O) groups is 3. The normalized spacial score (nSPS) is 26.0. The summed E-state index contributed by atoms with van der Waals surface area (Å²) in [6.07, 6.45) is -0.473. The maximum atomic E-state index is 11.8. The third-order valence-electron chi connectivity index (χ3n) is 5.22. The van der Waals surface area contributed by atoms with Crippen molar-refractivity contribution in [3.8, 4) is 0 Å². The van der Waals surface area contributed by atoms with Crippen LogP contribution in [-0.2, 0) is 14.3 Å². The summed E-state index contributed by atoms with van der Waals surface area (Å²) in [4.78, 5) is 39.1. The van der Waals surface area contributed by atoms with Crippen molar-refractivity contribution < 1.29 is 29.3 Å². The Kier molecular flexibility index (Phi) is 9.17. The third-order valence-corrected chi connectivity index (χ3v) is 5.22. The number of nitrogens with two attached hydrogens (primary N) is 1. The van der Waals surface area contributed by atoms with Crippen LogP contribution in [0.2, 0.25) is 0 Å². The van der Waals surface area contributed by atoms with Crippen molar-refractivity contribution in [2.24, 2.45) is 28.5 Å². The number of aliphatic imine (C=N–C) groups is 1. The minimum Gasteiger partial charge on any atom is -0.481 e. The molecule has 1 aliphatic carbocycles. The maximum absolute atomic E-state index is 11.8. The number of aliphatic hydroxyl groups is 1. The van der Waals surface area contributed by atoms with Crippen LogP contribution >= 0.6 is 0 Å². The highest BCUT2D eigenvalue weighted by atomic mass is 16.5. The van der Waals surface area contributed by atoms with Gasteiger partial charge in [-0.25, -0.2) is 9.79 Å². The minimum atomic E-state index is -1.21. The molecule has 0 aliphatic heterocycles. The van der Waals surface area contributed by atoms with E-state index in [9.17, 15) is 24.6 Å². The van der Waals surface area contributed by atoms with Gasteiger partial charge in [-0.2, -0.15) is 0 Å². The summed E-state index contributed by atoms with van der Waals surface area (Å²) in [6.45, 7) is 7.11. The van der Waals surface area contributed by atoms with E-state index in [4.69, 9.17) is 10.5 Å². The molecule has 1 unspecified atom stereocenters. The lowest BCUT2D eigenvalue weighted by Gasteiger charge is -2.35. The van der Waals surface area contributed by atoms with E-state index in [0.29, 0.717) is 0 Å². The topological polar surface area (TPSA) is 163 Å². The fourth-order valence-corrected chi connectivity index (χ4v) is 3.93. The summed E-state index contributed by atoms with van der Waals surface area (Å²) in [5, 5.41) is 25.3. The molecule has 10 heteroatoms. The number of hydrogen-bond acceptors (Lipinski definition) is 6. The van der Waals surface area contributed by atoms with Crippen molar-refractivity contribution in [1.29, 1.82) is 0 Å². The predicted octanol–water partition coefficient (Wildman–Crippen LogP) is 0.438. The molecule has 10 nitrogen and oxygen atoms in total. The van der Waals surface area contributed by atoms with E-state index in [1.54, 1.807) is 6.92 Å². The van der Waals surface area contributed by atoms with Crippen molar-refractivity contribution in [3.63, 3.8) is 0 Å². The fourth-order valence-electron chi connectivity index (χ4n) is 3.93. The summed E-state index contributed by atoms with van der Waals surface area (Å²) in [5.41, 5.74) is 5.78. The molecule has 1 aliphatic rings. The number of guanidine groups is 1. The van der Waals surface area contributed by atoms with Gasteiger partial charge in [-0.15, -0.1) is 0 Å². The number of rotatable bonds is 8. The number of carboxylic acid groups (broad SMARTS) is 1. The van der Waals surface area contributed by atoms with Gasteiger partial charge in [-0.05, 0) is 19.3 Å². The molecule has 0 aromatic carbocycles. The lowest BCUT2D eigenvalue weighted by atomic mass is 9.80. The zero-order valence-corrected chi connectivity index (χ0v) is 16.8. The van der Waals surface area contributed by atoms with Gasteiger partial charge in [0.15, 0.2) is 5.96 Å². The van der Waals surface area contributed by atoms with E-state index in [0.717, 1.165) is 12.8 Å². The van der Waals surface area contributed by atoms with Crippen molar-refractivity contribution in [1.82, 2.24) is 10.6 Å². The molecule has 1 fully saturated rings. The van der Waals surface area contributed by atoms with Gasteiger partial charge in [0.05, 0.1) is 24.7 Å². The Morgan fingerprint density at radius 1 is 1.25 bits per heavy atom. The Balaban J connectivity index is 3.23. The molecule has 1 rings (SSSR count). The molecule has 0 radical (unpaired) electrons. The van der Waals surface area contributed by atoms with Crippen LogP contribution in [0.4, 0.5) is 4.79 Å². The average Bonchev–Trinajstić information content (AvgIpc) is 2.90. The quantitative estimate of drug-likeness (QED) is 0.291. The minimum absolute atomic E-state index is 0.0213. The van der Waals surface area contributed by atoms with Crippen LogP contribution in [0.3, 0.4) is 0 Å². The van der Waals surface area contributed by atoms with Gasteiger partial charge in [-0.1, -0.05) is 26.7 Å². The number of alkyl carbamates (subject to hydrolysis) is 1. The molecule has 0 heterocycles. The average molecular weight is 400 g/mol. The number of nitrogens with one attached hydrogen (secondary N) is 2. The molecular formula is C18H32N4O6. The monoisotopic (exact) mass is 400 g/mol. The summed E-state index contributed by atoms with van der Waals surface area (Å²) in [5.74, 6) is -3.32. The van der Waals surface area contributed by atoms with E-state index in [-0.39, 0.29) is 30.8 Å². The van der Waals surface area contributed by atoms with E-state index < -0.39 is 42.1 Å². The molecule has 6 N–H and O–H groups in total. The molecule has 0 aromatic heterocycles. The zero-order chi connectivity index (χ0) is 21.4. The second kappa shape index (κ2) is 10.8. The van der Waals surface area contributed by atoms with E-state index in [2.05, 4.69) is 15.6 Å². The first-order chi connectivity index (χ1) is 13.2. The molecule has 0 aromatic rings. The van der Waals surface area contributed by atoms with E-state index in [1.165, 1.54) is 6.92 Å². The SMILES string of the molecule is CCOC(=O)NC(N)=N[C@@H]1C[C@H](C(=O)O)[C@@H](O)[C@H]1C(NC(C)=O)C(CC)CC. The van der Waals surface area contributed by atoms with Crippen LogP contribution in [0.15, 0.2) is 4.99 Å². The Hall–Kier alpha value is -2.36. The smallest absolute Gasteiger partial charge is 0.413 e. The van der Waals surface area contributed by atoms with Crippen molar-refractivity contribution in [2.45, 2.75) is 65.1 Å².